The molecule has 0 unspecified atom stereocenters. The van der Waals surface area contributed by atoms with Gasteiger partial charge in [0.2, 0.25) is 29.8 Å². The van der Waals surface area contributed by atoms with Crippen LogP contribution in [0.15, 0.2) is 0 Å². The van der Waals surface area contributed by atoms with Gasteiger partial charge in [-0.15, -0.1) is 0 Å². The van der Waals surface area contributed by atoms with Crippen LogP contribution in [0.3, 0.4) is 0 Å². The molecule has 4 rings (SSSR count). The zero-order valence-corrected chi connectivity index (χ0v) is 42.1. The number of rotatable bonds is 29. The van der Waals surface area contributed by atoms with Crippen LogP contribution in [-0.4, -0.2) is 288 Å². The van der Waals surface area contributed by atoms with Gasteiger partial charge in [-0.05, 0) is 24.3 Å². The zero-order chi connectivity index (χ0) is 54.8. The molecule has 4 aliphatic heterocycles. The summed E-state index contributed by atoms with van der Waals surface area (Å²) >= 11 is 2.61. The molecule has 0 aromatic carbocycles. The van der Waals surface area contributed by atoms with Crippen molar-refractivity contribution in [3.8, 4) is 0 Å². The van der Waals surface area contributed by atoms with E-state index in [1.807, 2.05) is 0 Å². The number of thioether (sulfide) groups is 2. The van der Waals surface area contributed by atoms with Crippen molar-refractivity contribution >= 4 is 53.1 Å². The lowest BCUT2D eigenvalue weighted by atomic mass is 9.95. The molecule has 17 N–H and O–H groups in total. The molecule has 0 aromatic heterocycles. The Morgan fingerprint density at radius 3 is 1.15 bits per heavy atom. The fourth-order valence-electron chi connectivity index (χ4n) is 8.07. The maximum absolute atomic E-state index is 12.6. The number of aliphatic hydroxyl groups is 12. The smallest absolute Gasteiger partial charge is 0.347 e. The lowest BCUT2D eigenvalue weighted by Crippen LogP contribution is -2.68. The average Bonchev–Trinajstić information content (AvgIpc) is 3.35. The Bertz CT molecular complexity index is 1640. The Labute approximate surface area is 432 Å². The molecule has 428 valence electrons. The van der Waals surface area contributed by atoms with Crippen molar-refractivity contribution < 1.29 is 128 Å². The number of aliphatic hydroxyl groups excluding tert-OH is 12. The van der Waals surface area contributed by atoms with Gasteiger partial charge in [-0.1, -0.05) is 0 Å². The highest BCUT2D eigenvalue weighted by Crippen LogP contribution is 2.32. The number of ether oxygens (including phenoxy) is 8. The molecule has 0 spiro atoms. The number of carboxylic acids is 1. The monoisotopic (exact) mass is 1110 g/mol. The highest BCUT2D eigenvalue weighted by atomic mass is 32.2. The van der Waals surface area contributed by atoms with Gasteiger partial charge < -0.3 is 126 Å². The van der Waals surface area contributed by atoms with E-state index in [-0.39, 0.29) is 37.6 Å². The molecule has 4 aliphatic rings. The molecule has 0 aromatic rings. The number of carboxylic acid groups (broad SMARTS) is 1. The minimum atomic E-state index is -1.84. The van der Waals surface area contributed by atoms with Gasteiger partial charge in [0.15, 0.2) is 25.2 Å². The lowest BCUT2D eigenvalue weighted by Gasteiger charge is -2.47. The van der Waals surface area contributed by atoms with Crippen LogP contribution in [0.1, 0.15) is 39.5 Å². The van der Waals surface area contributed by atoms with Crippen molar-refractivity contribution in [3.05, 3.63) is 0 Å². The summed E-state index contributed by atoms with van der Waals surface area (Å²) in [6.45, 7) is -0.651. The van der Waals surface area contributed by atoms with E-state index >= 15 is 0 Å². The standard InChI is InChI=1S/C42H72N4O26S2/c1-17(51)43-25-35(71-41-33(61)31(59)27(55)19(13-47)69-41)29(57)21(15-49)67-39(25)65-7-3-9-73-11-5-23(53)45-37(38(63)64)46-24(54)6-12-74-10-4-8-66-40-26(44-18(2)52)36(30(58)22(16-50)68-40)72-42-34(62)32(60)28(56)20(14-48)70-42/h19-22,25-37,39-42,47-50,55-62H,3-16H2,1-2H3,(H,43,51)(H,44,52)(H,45,53)(H,46,54)(H,63,64)/t19-,20-,21-,22-,25-,26-,27+,28+,29+,30+,31+,32+,33-,34-,35-,36-,39+,40+,41+,42+/m1/s1. The summed E-state index contributed by atoms with van der Waals surface area (Å²) in [4.78, 5) is 61.5. The van der Waals surface area contributed by atoms with E-state index in [0.717, 1.165) is 13.8 Å². The highest BCUT2D eigenvalue weighted by molar-refractivity contribution is 7.99. The van der Waals surface area contributed by atoms with Crippen molar-refractivity contribution in [2.24, 2.45) is 0 Å². The van der Waals surface area contributed by atoms with Gasteiger partial charge in [0.25, 0.3) is 0 Å². The van der Waals surface area contributed by atoms with Gasteiger partial charge in [0.05, 0.1) is 39.6 Å². The molecule has 0 bridgehead atoms. The minimum Gasteiger partial charge on any atom is -0.478 e. The van der Waals surface area contributed by atoms with E-state index in [0.29, 0.717) is 24.3 Å². The predicted octanol–water partition coefficient (Wildman–Crippen LogP) is -8.77. The van der Waals surface area contributed by atoms with Crippen LogP contribution in [-0.2, 0) is 61.9 Å². The second-order valence-electron chi connectivity index (χ2n) is 17.6. The number of carbonyl (C=O) groups excluding carboxylic acids is 4. The van der Waals surface area contributed by atoms with Crippen LogP contribution in [0.25, 0.3) is 0 Å². The van der Waals surface area contributed by atoms with Gasteiger partial charge in [-0.3, -0.25) is 19.2 Å². The van der Waals surface area contributed by atoms with Crippen molar-refractivity contribution in [1.82, 2.24) is 21.3 Å². The van der Waals surface area contributed by atoms with Crippen molar-refractivity contribution in [2.45, 2.75) is 168 Å². The van der Waals surface area contributed by atoms with Crippen LogP contribution in [0.2, 0.25) is 0 Å². The third-order valence-corrected chi connectivity index (χ3v) is 14.1. The summed E-state index contributed by atoms with van der Waals surface area (Å²) in [5.74, 6) is -2.76. The maximum atomic E-state index is 12.6. The van der Waals surface area contributed by atoms with Crippen LogP contribution in [0, 0.1) is 0 Å². The Hall–Kier alpha value is -2.75. The molecule has 0 aliphatic carbocycles. The first-order valence-electron chi connectivity index (χ1n) is 23.7. The number of amides is 4. The van der Waals surface area contributed by atoms with Crippen molar-refractivity contribution in [3.63, 3.8) is 0 Å². The fraction of sp³-hybridized carbons (Fsp3) is 0.881. The molecule has 4 heterocycles. The second-order valence-corrected chi connectivity index (χ2v) is 20.0. The second kappa shape index (κ2) is 31.6. The molecule has 4 fully saturated rings. The van der Waals surface area contributed by atoms with Crippen LogP contribution in [0.5, 0.6) is 0 Å². The first-order chi connectivity index (χ1) is 35.2. The Morgan fingerprint density at radius 2 is 0.824 bits per heavy atom. The summed E-state index contributed by atoms with van der Waals surface area (Å²) in [5.41, 5.74) is 0. The average molecular weight is 1110 g/mol. The largest absolute Gasteiger partial charge is 0.478 e. The van der Waals surface area contributed by atoms with E-state index in [4.69, 9.17) is 37.9 Å². The maximum Gasteiger partial charge on any atom is 0.347 e. The lowest BCUT2D eigenvalue weighted by molar-refractivity contribution is -0.344. The summed E-state index contributed by atoms with van der Waals surface area (Å²) in [6, 6.07) is -2.51. The molecule has 0 radical (unpaired) electrons. The van der Waals surface area contributed by atoms with E-state index in [1.54, 1.807) is 0 Å². The summed E-state index contributed by atoms with van der Waals surface area (Å²) in [6.07, 6.45) is -29.5. The summed E-state index contributed by atoms with van der Waals surface area (Å²) in [7, 11) is 0. The number of hydrogen-bond acceptors (Lipinski definition) is 27. The van der Waals surface area contributed by atoms with Gasteiger partial charge in [-0.25, -0.2) is 4.79 Å². The topological polar surface area (TPSA) is 470 Å². The molecule has 20 atom stereocenters. The molecule has 0 saturated carbocycles. The first kappa shape index (κ1) is 63.8. The van der Waals surface area contributed by atoms with Gasteiger partial charge >= 0.3 is 5.97 Å². The first-order valence-corrected chi connectivity index (χ1v) is 26.0. The van der Waals surface area contributed by atoms with Gasteiger partial charge in [0.1, 0.15) is 97.5 Å². The Kier molecular flexibility index (Phi) is 27.2. The van der Waals surface area contributed by atoms with Crippen LogP contribution >= 0.6 is 23.5 Å². The SMILES string of the molecule is CC(=O)N[C@H]1[C@@H](OCCCSCCC(=O)NC(NC(=O)CCSCCCO[C@H]2O[C@H](CO)[C@H](O)[C@H](O[C@@H]3O[C@H](CO)[C@H](O)[C@H](O)[C@H]3O)[C@H]2NC(C)=O)C(=O)O)O[C@H](CO)[C@H](O)[C@@H]1O[C@@H]1O[C@H](CO)[C@H](O)[C@H](O)[C@H]1O. The van der Waals surface area contributed by atoms with E-state index in [1.165, 1.54) is 23.5 Å². The zero-order valence-electron chi connectivity index (χ0n) is 40.5. The number of hydrogen-bond donors (Lipinski definition) is 17. The third-order valence-electron chi connectivity index (χ3n) is 12.0. The summed E-state index contributed by atoms with van der Waals surface area (Å²) in [5, 5.41) is 142. The molecule has 4 saturated heterocycles. The van der Waals surface area contributed by atoms with E-state index < -0.39 is 185 Å². The molecule has 32 heteroatoms. The van der Waals surface area contributed by atoms with Gasteiger partial charge in [-0.2, -0.15) is 23.5 Å². The number of carbonyl (C=O) groups is 5. The molecular formula is C42H72N4O26S2. The van der Waals surface area contributed by atoms with Crippen molar-refractivity contribution in [2.75, 3.05) is 62.7 Å². The quantitative estimate of drug-likeness (QED) is 0.0244. The molecular weight excluding hydrogens is 1040 g/mol. The molecule has 30 nitrogen and oxygen atoms in total. The number of nitrogens with one attached hydrogen (secondary N) is 4. The third kappa shape index (κ3) is 18.2. The normalized spacial score (nSPS) is 36.5. The fourth-order valence-corrected chi connectivity index (χ4v) is 9.78. The Balaban J connectivity index is 1.15. The highest BCUT2D eigenvalue weighted by Gasteiger charge is 2.53. The minimum absolute atomic E-state index is 0.0107. The molecule has 4 amide bonds. The molecule has 74 heavy (non-hydrogen) atoms. The van der Waals surface area contributed by atoms with Crippen molar-refractivity contribution in [1.29, 1.82) is 0 Å². The van der Waals surface area contributed by atoms with E-state index in [9.17, 15) is 90.4 Å². The predicted molar refractivity (Wildman–Crippen MR) is 249 cm³/mol. The number of aliphatic carboxylic acids is 1. The van der Waals surface area contributed by atoms with E-state index in [2.05, 4.69) is 21.3 Å². The Morgan fingerprint density at radius 1 is 0.486 bits per heavy atom. The van der Waals surface area contributed by atoms with Gasteiger partial charge in [0, 0.05) is 38.2 Å². The van der Waals surface area contributed by atoms with Crippen LogP contribution < -0.4 is 21.3 Å². The summed E-state index contributed by atoms with van der Waals surface area (Å²) < 4.78 is 45.4. The van der Waals surface area contributed by atoms with Crippen LogP contribution in [0.4, 0.5) is 0 Å².